The molecule has 0 saturated heterocycles. The molecule has 0 bridgehead atoms. The molecule has 3 rings (SSSR count). The molecule has 3 N–H and O–H groups in total. The molecule has 0 aliphatic carbocycles. The van der Waals surface area contributed by atoms with E-state index in [-0.39, 0.29) is 30.0 Å². The van der Waals surface area contributed by atoms with Crippen LogP contribution in [-0.4, -0.2) is 23.9 Å². The molecule has 0 fully saturated rings. The number of para-hydroxylation sites is 1. The van der Waals surface area contributed by atoms with Gasteiger partial charge < -0.3 is 15.4 Å². The lowest BCUT2D eigenvalue weighted by molar-refractivity contribution is 0.262. The van der Waals surface area contributed by atoms with Crippen LogP contribution in [0.3, 0.4) is 0 Å². The zero-order valence-corrected chi connectivity index (χ0v) is 16.2. The van der Waals surface area contributed by atoms with Crippen LogP contribution in [0.25, 0.3) is 0 Å². The minimum Gasteiger partial charge on any atom is -0.491 e. The highest BCUT2D eigenvalue weighted by molar-refractivity contribution is 14.0. The van der Waals surface area contributed by atoms with Gasteiger partial charge in [0, 0.05) is 17.7 Å². The molecule has 7 heteroatoms. The summed E-state index contributed by atoms with van der Waals surface area (Å²) in [5, 5.41) is 13.9. The molecular weight excluding hydrogens is 437 g/mol. The summed E-state index contributed by atoms with van der Waals surface area (Å²) in [6.07, 6.45) is 2.72. The van der Waals surface area contributed by atoms with E-state index in [9.17, 15) is 4.79 Å². The van der Waals surface area contributed by atoms with Gasteiger partial charge in [0.2, 0.25) is 0 Å². The summed E-state index contributed by atoms with van der Waals surface area (Å²) in [7, 11) is 0. The maximum Gasteiger partial charge on any atom is 0.323 e. The number of hydrogen-bond donors (Lipinski definition) is 3. The van der Waals surface area contributed by atoms with E-state index < -0.39 is 0 Å². The van der Waals surface area contributed by atoms with Gasteiger partial charge in [0.15, 0.2) is 0 Å². The van der Waals surface area contributed by atoms with Gasteiger partial charge in [-0.2, -0.15) is 0 Å². The van der Waals surface area contributed by atoms with E-state index in [4.69, 9.17) is 10.1 Å². The first-order valence-electron chi connectivity index (χ1n) is 7.23. The fourth-order valence-corrected chi connectivity index (χ4v) is 2.82. The van der Waals surface area contributed by atoms with Crippen LogP contribution in [0, 0.1) is 5.41 Å². The van der Waals surface area contributed by atoms with Crippen LogP contribution in [0.5, 0.6) is 5.75 Å². The number of thioether (sulfide) groups is 1. The zero-order chi connectivity index (χ0) is 16.2. The predicted octanol–water partition coefficient (Wildman–Crippen LogP) is 4.57. The summed E-state index contributed by atoms with van der Waals surface area (Å²) in [6, 6.07) is 12.6. The minimum absolute atomic E-state index is 0. The Labute approximate surface area is 162 Å². The molecule has 0 saturated carbocycles. The molecule has 0 atom stereocenters. The summed E-state index contributed by atoms with van der Waals surface area (Å²) in [6.45, 7) is 0.647. The monoisotopic (exact) mass is 455 g/mol. The van der Waals surface area contributed by atoms with E-state index in [0.29, 0.717) is 23.0 Å². The topological polar surface area (TPSA) is 74.2 Å². The molecule has 1 heterocycles. The number of urea groups is 1. The molecule has 2 aromatic rings. The minimum atomic E-state index is -0.332. The maximum absolute atomic E-state index is 12.2. The van der Waals surface area contributed by atoms with Crippen molar-refractivity contribution in [3.63, 3.8) is 0 Å². The number of rotatable bonds is 3. The van der Waals surface area contributed by atoms with Crippen LogP contribution in [0.1, 0.15) is 11.1 Å². The Morgan fingerprint density at radius 2 is 2.00 bits per heavy atom. The van der Waals surface area contributed by atoms with Gasteiger partial charge in [0.05, 0.1) is 17.3 Å². The van der Waals surface area contributed by atoms with Crippen LogP contribution in [-0.2, 0) is 6.42 Å². The Balaban J connectivity index is 0.00000208. The second-order valence-corrected chi connectivity index (χ2v) is 5.90. The molecule has 1 aliphatic rings. The van der Waals surface area contributed by atoms with Crippen molar-refractivity contribution in [3.05, 3.63) is 53.6 Å². The van der Waals surface area contributed by atoms with Gasteiger partial charge in [0.1, 0.15) is 5.75 Å². The number of nitrogens with one attached hydrogen (secondary N) is 3. The second kappa shape index (κ2) is 8.39. The summed E-state index contributed by atoms with van der Waals surface area (Å²) >= 11 is 1.36. The lowest BCUT2D eigenvalue weighted by Crippen LogP contribution is -2.20. The van der Waals surface area contributed by atoms with E-state index in [1.54, 1.807) is 12.1 Å². The molecule has 0 unspecified atom stereocenters. The molecule has 5 nitrogen and oxygen atoms in total. The standard InChI is InChI=1S/C17H17N3O2S.HI/c1-23-16(18)12-5-2-6-13(10-12)19-17(21)20-14-7-3-4-11-8-9-22-15(11)14;/h2-7,10,18H,8-9H2,1H3,(H2,19,20,21);1H. The van der Waals surface area contributed by atoms with Crippen molar-refractivity contribution in [3.8, 4) is 5.75 Å². The Hall–Kier alpha value is -1.74. The SMILES string of the molecule is CSC(=N)c1cccc(NC(=O)Nc2cccc3c2OCC3)c1.I. The van der Waals surface area contributed by atoms with Gasteiger partial charge in [0.25, 0.3) is 0 Å². The van der Waals surface area contributed by atoms with Crippen molar-refractivity contribution in [1.29, 1.82) is 5.41 Å². The number of amides is 2. The van der Waals surface area contributed by atoms with Crippen molar-refractivity contribution in [2.75, 3.05) is 23.5 Å². The number of benzene rings is 2. The smallest absolute Gasteiger partial charge is 0.323 e. The number of ether oxygens (including phenoxy) is 1. The molecule has 2 aromatic carbocycles. The summed E-state index contributed by atoms with van der Waals surface area (Å²) in [4.78, 5) is 12.2. The van der Waals surface area contributed by atoms with Crippen LogP contribution in [0.4, 0.5) is 16.2 Å². The molecule has 0 aromatic heterocycles. The van der Waals surface area contributed by atoms with Gasteiger partial charge >= 0.3 is 6.03 Å². The largest absolute Gasteiger partial charge is 0.491 e. The highest BCUT2D eigenvalue weighted by Gasteiger charge is 2.17. The molecule has 2 amide bonds. The van der Waals surface area contributed by atoms with Gasteiger partial charge in [-0.25, -0.2) is 4.79 Å². The fourth-order valence-electron chi connectivity index (χ4n) is 2.45. The van der Waals surface area contributed by atoms with Gasteiger partial charge in [-0.3, -0.25) is 5.41 Å². The highest BCUT2D eigenvalue weighted by Crippen LogP contribution is 2.33. The number of halogens is 1. The number of carbonyl (C=O) groups is 1. The van der Waals surface area contributed by atoms with Gasteiger partial charge in [-0.1, -0.05) is 24.3 Å². The molecular formula is C17H18IN3O2S. The number of anilines is 2. The van der Waals surface area contributed by atoms with Crippen molar-refractivity contribution in [2.24, 2.45) is 0 Å². The Morgan fingerprint density at radius 1 is 1.21 bits per heavy atom. The third-order valence-electron chi connectivity index (χ3n) is 3.55. The first kappa shape index (κ1) is 18.6. The lowest BCUT2D eigenvalue weighted by atomic mass is 10.1. The molecule has 1 aliphatic heterocycles. The van der Waals surface area contributed by atoms with Crippen LogP contribution in [0.15, 0.2) is 42.5 Å². The van der Waals surface area contributed by atoms with Crippen LogP contribution in [0.2, 0.25) is 0 Å². The Kier molecular flexibility index (Phi) is 6.50. The summed E-state index contributed by atoms with van der Waals surface area (Å²) in [5.74, 6) is 0.751. The average molecular weight is 455 g/mol. The Morgan fingerprint density at radius 3 is 2.79 bits per heavy atom. The number of hydrogen-bond acceptors (Lipinski definition) is 4. The maximum atomic E-state index is 12.2. The van der Waals surface area contributed by atoms with Gasteiger partial charge in [-0.05, 0) is 30.0 Å². The molecule has 0 radical (unpaired) electrons. The summed E-state index contributed by atoms with van der Waals surface area (Å²) < 4.78 is 5.57. The van der Waals surface area contributed by atoms with Crippen LogP contribution >= 0.6 is 35.7 Å². The van der Waals surface area contributed by atoms with Crippen molar-refractivity contribution < 1.29 is 9.53 Å². The van der Waals surface area contributed by atoms with E-state index in [1.807, 2.05) is 36.6 Å². The lowest BCUT2D eigenvalue weighted by Gasteiger charge is -2.11. The zero-order valence-electron chi connectivity index (χ0n) is 13.1. The first-order chi connectivity index (χ1) is 11.2. The normalized spacial score (nSPS) is 11.7. The van der Waals surface area contributed by atoms with E-state index in [2.05, 4.69) is 10.6 Å². The molecule has 24 heavy (non-hydrogen) atoms. The predicted molar refractivity (Wildman–Crippen MR) is 110 cm³/mol. The van der Waals surface area contributed by atoms with Crippen molar-refractivity contribution >= 4 is 58.2 Å². The van der Waals surface area contributed by atoms with E-state index >= 15 is 0 Å². The average Bonchev–Trinajstić information content (AvgIpc) is 3.04. The highest BCUT2D eigenvalue weighted by atomic mass is 127. The molecule has 0 spiro atoms. The van der Waals surface area contributed by atoms with Gasteiger partial charge in [-0.15, -0.1) is 35.7 Å². The quantitative estimate of drug-likeness (QED) is 0.361. The third kappa shape index (κ3) is 4.21. The second-order valence-electron chi connectivity index (χ2n) is 5.09. The van der Waals surface area contributed by atoms with Crippen molar-refractivity contribution in [1.82, 2.24) is 0 Å². The third-order valence-corrected chi connectivity index (χ3v) is 4.19. The number of carbonyl (C=O) groups excluding carboxylic acids is 1. The summed E-state index contributed by atoms with van der Waals surface area (Å²) in [5.41, 5.74) is 3.20. The van der Waals surface area contributed by atoms with E-state index in [1.165, 1.54) is 11.8 Å². The van der Waals surface area contributed by atoms with Crippen molar-refractivity contribution in [2.45, 2.75) is 6.42 Å². The van der Waals surface area contributed by atoms with Crippen LogP contribution < -0.4 is 15.4 Å². The number of fused-ring (bicyclic) bond motifs is 1. The molecule has 126 valence electrons. The Bertz CT molecular complexity index is 767. The van der Waals surface area contributed by atoms with E-state index in [0.717, 1.165) is 23.3 Å². The first-order valence-corrected chi connectivity index (χ1v) is 8.45. The fraction of sp³-hybridized carbons (Fsp3) is 0.176.